The molecule has 0 radical (unpaired) electrons. The third kappa shape index (κ3) is 5.26. The fraction of sp³-hybridized carbons (Fsp3) is 0.692. The Kier molecular flexibility index (Phi) is 6.97. The van der Waals surface area contributed by atoms with Crippen LogP contribution >= 0.6 is 11.3 Å². The van der Waals surface area contributed by atoms with Crippen molar-refractivity contribution in [3.05, 3.63) is 16.1 Å². The van der Waals surface area contributed by atoms with Gasteiger partial charge in [-0.3, -0.25) is 4.79 Å². The highest BCUT2D eigenvalue weighted by Gasteiger charge is 2.13. The molecular formula is C13H23N3O2S. The van der Waals surface area contributed by atoms with Crippen LogP contribution < -0.4 is 5.32 Å². The number of ether oxygens (including phenoxy) is 1. The summed E-state index contributed by atoms with van der Waals surface area (Å²) < 4.78 is 5.51. The van der Waals surface area contributed by atoms with E-state index < -0.39 is 0 Å². The highest BCUT2D eigenvalue weighted by atomic mass is 32.1. The molecule has 6 heteroatoms. The van der Waals surface area contributed by atoms with Gasteiger partial charge in [0.2, 0.25) is 5.91 Å². The highest BCUT2D eigenvalue weighted by molar-refractivity contribution is 7.09. The van der Waals surface area contributed by atoms with Gasteiger partial charge in [0.25, 0.3) is 0 Å². The summed E-state index contributed by atoms with van der Waals surface area (Å²) in [5, 5.41) is 5.93. The summed E-state index contributed by atoms with van der Waals surface area (Å²) in [4.78, 5) is 18.0. The molecule has 1 N–H and O–H groups in total. The van der Waals surface area contributed by atoms with E-state index in [2.05, 4.69) is 10.3 Å². The van der Waals surface area contributed by atoms with E-state index >= 15 is 0 Å². The third-order valence-corrected chi connectivity index (χ3v) is 3.80. The summed E-state index contributed by atoms with van der Waals surface area (Å²) in [5.41, 5.74) is 0.923. The molecule has 0 aliphatic carbocycles. The molecule has 1 amide bonds. The van der Waals surface area contributed by atoms with Crippen molar-refractivity contribution in [1.29, 1.82) is 0 Å². The van der Waals surface area contributed by atoms with Crippen LogP contribution in [0.3, 0.4) is 0 Å². The van der Waals surface area contributed by atoms with Gasteiger partial charge in [-0.05, 0) is 20.9 Å². The predicted octanol–water partition coefficient (Wildman–Crippen LogP) is 1.81. The SMILES string of the molecule is CCOC(C)c1nc(CN(C)C(=O)CCNC)cs1. The summed E-state index contributed by atoms with van der Waals surface area (Å²) in [7, 11) is 3.65. The molecule has 1 aromatic rings. The van der Waals surface area contributed by atoms with Gasteiger partial charge in [0.05, 0.1) is 12.2 Å². The van der Waals surface area contributed by atoms with E-state index in [1.165, 1.54) is 0 Å². The lowest BCUT2D eigenvalue weighted by molar-refractivity contribution is -0.130. The second kappa shape index (κ2) is 8.24. The average Bonchev–Trinajstić information content (AvgIpc) is 2.84. The van der Waals surface area contributed by atoms with Crippen LogP contribution in [0.4, 0.5) is 0 Å². The summed E-state index contributed by atoms with van der Waals surface area (Å²) in [5.74, 6) is 0.127. The topological polar surface area (TPSA) is 54.5 Å². The van der Waals surface area contributed by atoms with Crippen LogP contribution in [0.25, 0.3) is 0 Å². The Bertz CT molecular complexity index is 395. The molecule has 1 unspecified atom stereocenters. The largest absolute Gasteiger partial charge is 0.372 e. The normalized spacial score (nSPS) is 12.4. The second-order valence-corrected chi connectivity index (χ2v) is 5.27. The molecule has 0 saturated carbocycles. The molecule has 1 rings (SSSR count). The van der Waals surface area contributed by atoms with Gasteiger partial charge in [-0.25, -0.2) is 4.98 Å². The first-order valence-corrected chi connectivity index (χ1v) is 7.40. The molecule has 0 aliphatic heterocycles. The van der Waals surface area contributed by atoms with Crippen molar-refractivity contribution in [2.75, 3.05) is 27.2 Å². The molecule has 0 spiro atoms. The molecule has 5 nitrogen and oxygen atoms in total. The van der Waals surface area contributed by atoms with Crippen LogP contribution in [0.5, 0.6) is 0 Å². The zero-order valence-electron chi connectivity index (χ0n) is 12.1. The molecule has 0 saturated heterocycles. The Hall–Kier alpha value is -0.980. The smallest absolute Gasteiger partial charge is 0.223 e. The lowest BCUT2D eigenvalue weighted by Gasteiger charge is -2.15. The average molecular weight is 285 g/mol. The van der Waals surface area contributed by atoms with Crippen molar-refractivity contribution in [2.45, 2.75) is 32.9 Å². The Morgan fingerprint density at radius 3 is 3.00 bits per heavy atom. The molecule has 1 atom stereocenters. The summed E-state index contributed by atoms with van der Waals surface area (Å²) in [6, 6.07) is 0. The number of hydrogen-bond donors (Lipinski definition) is 1. The van der Waals surface area contributed by atoms with Gasteiger partial charge in [-0.1, -0.05) is 0 Å². The minimum atomic E-state index is 0.0223. The Morgan fingerprint density at radius 1 is 1.63 bits per heavy atom. The maximum atomic E-state index is 11.8. The lowest BCUT2D eigenvalue weighted by atomic mass is 10.3. The number of nitrogens with one attached hydrogen (secondary N) is 1. The fourth-order valence-electron chi connectivity index (χ4n) is 1.66. The quantitative estimate of drug-likeness (QED) is 0.791. The van der Waals surface area contributed by atoms with Gasteiger partial charge in [-0.2, -0.15) is 0 Å². The monoisotopic (exact) mass is 285 g/mol. The van der Waals surface area contributed by atoms with Gasteiger partial charge in [-0.15, -0.1) is 11.3 Å². The molecule has 0 aromatic carbocycles. The number of rotatable bonds is 8. The molecule has 1 heterocycles. The molecule has 0 aliphatic rings. The standard InChI is InChI=1S/C13H23N3O2S/c1-5-18-10(2)13-15-11(9-19-13)8-16(4)12(17)6-7-14-3/h9-10,14H,5-8H2,1-4H3. The third-order valence-electron chi connectivity index (χ3n) is 2.75. The van der Waals surface area contributed by atoms with E-state index in [-0.39, 0.29) is 12.0 Å². The van der Waals surface area contributed by atoms with Crippen LogP contribution in [-0.2, 0) is 16.1 Å². The maximum Gasteiger partial charge on any atom is 0.223 e. The van der Waals surface area contributed by atoms with Crippen LogP contribution in [0.2, 0.25) is 0 Å². The first-order valence-electron chi connectivity index (χ1n) is 6.53. The van der Waals surface area contributed by atoms with Crippen LogP contribution in [-0.4, -0.2) is 43.0 Å². The Labute approximate surface area is 119 Å². The fourth-order valence-corrected chi connectivity index (χ4v) is 2.47. The Balaban J connectivity index is 2.51. The van der Waals surface area contributed by atoms with E-state index in [0.717, 1.165) is 10.7 Å². The van der Waals surface area contributed by atoms with E-state index in [4.69, 9.17) is 4.74 Å². The predicted molar refractivity (Wildman–Crippen MR) is 77.2 cm³/mol. The second-order valence-electron chi connectivity index (χ2n) is 4.38. The molecule has 19 heavy (non-hydrogen) atoms. The first kappa shape index (κ1) is 16.1. The summed E-state index contributed by atoms with van der Waals surface area (Å²) in [6.07, 6.45) is 0.536. The minimum absolute atomic E-state index is 0.0223. The van der Waals surface area contributed by atoms with Gasteiger partial charge in [0.15, 0.2) is 0 Å². The first-order chi connectivity index (χ1) is 9.08. The van der Waals surface area contributed by atoms with Crippen molar-refractivity contribution in [3.63, 3.8) is 0 Å². The van der Waals surface area contributed by atoms with Gasteiger partial charge >= 0.3 is 0 Å². The minimum Gasteiger partial charge on any atom is -0.372 e. The van der Waals surface area contributed by atoms with Crippen molar-refractivity contribution in [2.24, 2.45) is 0 Å². The Morgan fingerprint density at radius 2 is 2.37 bits per heavy atom. The van der Waals surface area contributed by atoms with Crippen molar-refractivity contribution >= 4 is 17.2 Å². The number of thiazole rings is 1. The zero-order chi connectivity index (χ0) is 14.3. The van der Waals surface area contributed by atoms with Crippen LogP contribution in [0, 0.1) is 0 Å². The number of amides is 1. The summed E-state index contributed by atoms with van der Waals surface area (Å²) in [6.45, 7) is 5.90. The molecule has 1 aromatic heterocycles. The van der Waals surface area contributed by atoms with Gasteiger partial charge in [0, 0.05) is 32.0 Å². The number of hydrogen-bond acceptors (Lipinski definition) is 5. The maximum absolute atomic E-state index is 11.8. The number of carbonyl (C=O) groups excluding carboxylic acids is 1. The van der Waals surface area contributed by atoms with E-state index in [0.29, 0.717) is 26.1 Å². The van der Waals surface area contributed by atoms with Crippen molar-refractivity contribution < 1.29 is 9.53 Å². The van der Waals surface area contributed by atoms with Crippen LogP contribution in [0.15, 0.2) is 5.38 Å². The van der Waals surface area contributed by atoms with Crippen molar-refractivity contribution in [1.82, 2.24) is 15.2 Å². The molecular weight excluding hydrogens is 262 g/mol. The number of aromatic nitrogens is 1. The number of nitrogens with zero attached hydrogens (tertiary/aromatic N) is 2. The molecule has 0 bridgehead atoms. The van der Waals surface area contributed by atoms with E-state index in [1.807, 2.05) is 33.3 Å². The molecule has 0 fully saturated rings. The number of carbonyl (C=O) groups is 1. The van der Waals surface area contributed by atoms with Gasteiger partial charge < -0.3 is 15.0 Å². The van der Waals surface area contributed by atoms with E-state index in [9.17, 15) is 4.79 Å². The van der Waals surface area contributed by atoms with Gasteiger partial charge in [0.1, 0.15) is 11.1 Å². The van der Waals surface area contributed by atoms with E-state index in [1.54, 1.807) is 16.2 Å². The highest BCUT2D eigenvalue weighted by Crippen LogP contribution is 2.21. The lowest BCUT2D eigenvalue weighted by Crippen LogP contribution is -2.28. The zero-order valence-corrected chi connectivity index (χ0v) is 12.9. The molecule has 108 valence electrons. The van der Waals surface area contributed by atoms with Crippen molar-refractivity contribution in [3.8, 4) is 0 Å². The van der Waals surface area contributed by atoms with Crippen LogP contribution in [0.1, 0.15) is 37.1 Å². The summed E-state index contributed by atoms with van der Waals surface area (Å²) >= 11 is 1.58.